The van der Waals surface area contributed by atoms with Crippen LogP contribution >= 0.6 is 0 Å². The Morgan fingerprint density at radius 2 is 1.57 bits per heavy atom. The minimum Gasteiger partial charge on any atom is -0.422 e. The highest BCUT2D eigenvalue weighted by atomic mass is 16.4. The second kappa shape index (κ2) is 7.16. The maximum absolute atomic E-state index is 12.5. The van der Waals surface area contributed by atoms with Crippen LogP contribution in [0.25, 0.3) is 22.1 Å². The fourth-order valence-electron chi connectivity index (χ4n) is 3.32. The van der Waals surface area contributed by atoms with E-state index in [1.165, 1.54) is 0 Å². The number of hydrogen-bond acceptors (Lipinski definition) is 3. The predicted molar refractivity (Wildman–Crippen MR) is 112 cm³/mol. The number of rotatable bonds is 3. The van der Waals surface area contributed by atoms with Crippen molar-refractivity contribution in [3.8, 4) is 11.1 Å². The van der Waals surface area contributed by atoms with Crippen LogP contribution in [-0.4, -0.2) is 5.91 Å². The minimum atomic E-state index is -0.376. The van der Waals surface area contributed by atoms with Gasteiger partial charge < -0.3 is 9.73 Å². The average Bonchev–Trinajstić information content (AvgIpc) is 2.68. The zero-order chi connectivity index (χ0) is 19.7. The molecule has 0 bridgehead atoms. The Hall–Kier alpha value is -3.66. The number of fused-ring (bicyclic) bond motifs is 1. The monoisotopic (exact) mass is 369 g/mol. The van der Waals surface area contributed by atoms with Crippen LogP contribution in [0.5, 0.6) is 0 Å². The molecule has 0 spiro atoms. The molecule has 4 aromatic rings. The molecular weight excluding hydrogens is 350 g/mol. The van der Waals surface area contributed by atoms with Gasteiger partial charge in [0.2, 0.25) is 0 Å². The number of nitrogens with one attached hydrogen (secondary N) is 1. The lowest BCUT2D eigenvalue weighted by Crippen LogP contribution is -2.13. The Bertz CT molecular complexity index is 1250. The molecule has 1 aromatic heterocycles. The van der Waals surface area contributed by atoms with Gasteiger partial charge in [-0.05, 0) is 60.9 Å². The van der Waals surface area contributed by atoms with Crippen LogP contribution in [0.1, 0.15) is 21.5 Å². The van der Waals surface area contributed by atoms with Crippen molar-refractivity contribution in [3.63, 3.8) is 0 Å². The van der Waals surface area contributed by atoms with Crippen molar-refractivity contribution in [2.24, 2.45) is 0 Å². The lowest BCUT2D eigenvalue weighted by Gasteiger charge is -2.11. The molecule has 0 unspecified atom stereocenters. The third-order valence-corrected chi connectivity index (χ3v) is 4.81. The van der Waals surface area contributed by atoms with E-state index in [4.69, 9.17) is 4.42 Å². The lowest BCUT2D eigenvalue weighted by molar-refractivity contribution is 0.102. The molecule has 0 radical (unpaired) electrons. The Kier molecular flexibility index (Phi) is 4.53. The van der Waals surface area contributed by atoms with Gasteiger partial charge in [0.25, 0.3) is 5.91 Å². The molecule has 4 nitrogen and oxygen atoms in total. The molecule has 0 aliphatic rings. The molecule has 3 aromatic carbocycles. The van der Waals surface area contributed by atoms with Crippen LogP contribution in [0, 0.1) is 13.8 Å². The smallest absolute Gasteiger partial charge is 0.344 e. The van der Waals surface area contributed by atoms with Gasteiger partial charge in [-0.25, -0.2) is 4.79 Å². The first-order valence-corrected chi connectivity index (χ1v) is 9.04. The van der Waals surface area contributed by atoms with Crippen LogP contribution in [-0.2, 0) is 0 Å². The van der Waals surface area contributed by atoms with Crippen LogP contribution in [0.3, 0.4) is 0 Å². The van der Waals surface area contributed by atoms with Gasteiger partial charge in [0.05, 0.1) is 5.56 Å². The SMILES string of the molecule is Cc1ccccc1C(=O)Nc1ccc(-c2cc3ccccc3oc2=O)c(C)c1. The van der Waals surface area contributed by atoms with E-state index >= 15 is 0 Å². The van der Waals surface area contributed by atoms with Gasteiger partial charge in [-0.2, -0.15) is 0 Å². The first-order chi connectivity index (χ1) is 13.5. The van der Waals surface area contributed by atoms with E-state index in [0.717, 1.165) is 22.1 Å². The van der Waals surface area contributed by atoms with Crippen LogP contribution in [0.4, 0.5) is 5.69 Å². The summed E-state index contributed by atoms with van der Waals surface area (Å²) in [6.07, 6.45) is 0. The van der Waals surface area contributed by atoms with E-state index in [2.05, 4.69) is 5.32 Å². The summed E-state index contributed by atoms with van der Waals surface area (Å²) in [5.74, 6) is -0.157. The van der Waals surface area contributed by atoms with Crippen LogP contribution in [0.15, 0.2) is 82.0 Å². The number of anilines is 1. The van der Waals surface area contributed by atoms with Gasteiger partial charge in [-0.1, -0.05) is 42.5 Å². The maximum Gasteiger partial charge on any atom is 0.344 e. The van der Waals surface area contributed by atoms with Crippen molar-refractivity contribution in [2.45, 2.75) is 13.8 Å². The van der Waals surface area contributed by atoms with E-state index in [0.29, 0.717) is 22.4 Å². The topological polar surface area (TPSA) is 59.3 Å². The molecule has 1 N–H and O–H groups in total. The van der Waals surface area contributed by atoms with Crippen LogP contribution in [0.2, 0.25) is 0 Å². The van der Waals surface area contributed by atoms with E-state index in [1.54, 1.807) is 18.2 Å². The fraction of sp³-hybridized carbons (Fsp3) is 0.0833. The lowest BCUT2D eigenvalue weighted by atomic mass is 10.00. The number of carbonyl (C=O) groups is 1. The zero-order valence-electron chi connectivity index (χ0n) is 15.7. The Labute approximate surface area is 162 Å². The van der Waals surface area contributed by atoms with Gasteiger partial charge in [0, 0.05) is 16.6 Å². The van der Waals surface area contributed by atoms with Crippen molar-refractivity contribution in [1.29, 1.82) is 0 Å². The third-order valence-electron chi connectivity index (χ3n) is 4.81. The van der Waals surface area contributed by atoms with Gasteiger partial charge in [0.1, 0.15) is 5.58 Å². The highest BCUT2D eigenvalue weighted by molar-refractivity contribution is 6.05. The largest absolute Gasteiger partial charge is 0.422 e. The van der Waals surface area contributed by atoms with Crippen molar-refractivity contribution in [1.82, 2.24) is 0 Å². The second-order valence-corrected chi connectivity index (χ2v) is 6.78. The molecule has 4 heteroatoms. The summed E-state index contributed by atoms with van der Waals surface area (Å²) in [5, 5.41) is 3.79. The number of aryl methyl sites for hydroxylation is 2. The molecule has 0 aliphatic heterocycles. The van der Waals surface area contributed by atoms with Crippen molar-refractivity contribution in [2.75, 3.05) is 5.32 Å². The highest BCUT2D eigenvalue weighted by Crippen LogP contribution is 2.26. The normalized spacial score (nSPS) is 10.8. The third kappa shape index (κ3) is 3.32. The molecule has 0 fully saturated rings. The molecule has 1 amide bonds. The Morgan fingerprint density at radius 3 is 2.36 bits per heavy atom. The van der Waals surface area contributed by atoms with E-state index in [-0.39, 0.29) is 11.5 Å². The summed E-state index contributed by atoms with van der Waals surface area (Å²) in [4.78, 5) is 25.0. The molecule has 0 saturated carbocycles. The molecule has 0 saturated heterocycles. The Balaban J connectivity index is 1.67. The summed E-state index contributed by atoms with van der Waals surface area (Å²) in [6.45, 7) is 3.82. The second-order valence-electron chi connectivity index (χ2n) is 6.78. The molecule has 4 rings (SSSR count). The standard InChI is InChI=1S/C24H19NO3/c1-15-7-3-5-9-20(15)23(26)25-18-11-12-19(16(2)13-18)21-14-17-8-4-6-10-22(17)28-24(21)27/h3-14H,1-2H3,(H,25,26). The van der Waals surface area contributed by atoms with Gasteiger partial charge in [-0.15, -0.1) is 0 Å². The number of carbonyl (C=O) groups excluding carboxylic acids is 1. The molecule has 138 valence electrons. The predicted octanol–water partition coefficient (Wildman–Crippen LogP) is 5.33. The van der Waals surface area contributed by atoms with Gasteiger partial charge in [-0.3, -0.25) is 4.79 Å². The van der Waals surface area contributed by atoms with Crippen LogP contribution < -0.4 is 10.9 Å². The number of para-hydroxylation sites is 1. The first kappa shape index (κ1) is 17.7. The van der Waals surface area contributed by atoms with Crippen molar-refractivity contribution >= 4 is 22.6 Å². The summed E-state index contributed by atoms with van der Waals surface area (Å²) in [7, 11) is 0. The molecular formula is C24H19NO3. The highest BCUT2D eigenvalue weighted by Gasteiger charge is 2.13. The average molecular weight is 369 g/mol. The van der Waals surface area contributed by atoms with E-state index in [9.17, 15) is 9.59 Å². The molecule has 1 heterocycles. The number of benzene rings is 3. The van der Waals surface area contributed by atoms with Crippen molar-refractivity contribution < 1.29 is 9.21 Å². The van der Waals surface area contributed by atoms with Gasteiger partial charge >= 0.3 is 5.63 Å². The fourth-order valence-corrected chi connectivity index (χ4v) is 3.32. The quantitative estimate of drug-likeness (QED) is 0.497. The molecule has 0 atom stereocenters. The first-order valence-electron chi connectivity index (χ1n) is 9.04. The summed E-state index contributed by atoms with van der Waals surface area (Å²) >= 11 is 0. The number of amides is 1. The zero-order valence-corrected chi connectivity index (χ0v) is 15.7. The summed E-state index contributed by atoms with van der Waals surface area (Å²) in [6, 6.07) is 22.2. The van der Waals surface area contributed by atoms with Crippen molar-refractivity contribution in [3.05, 3.63) is 99.9 Å². The summed E-state index contributed by atoms with van der Waals surface area (Å²) < 4.78 is 5.44. The van der Waals surface area contributed by atoms with Gasteiger partial charge in [0.15, 0.2) is 0 Å². The minimum absolute atomic E-state index is 0.157. The number of hydrogen-bond donors (Lipinski definition) is 1. The van der Waals surface area contributed by atoms with E-state index < -0.39 is 0 Å². The molecule has 28 heavy (non-hydrogen) atoms. The maximum atomic E-state index is 12.5. The van der Waals surface area contributed by atoms with E-state index in [1.807, 2.05) is 68.4 Å². The molecule has 0 aliphatic carbocycles. The summed E-state index contributed by atoms with van der Waals surface area (Å²) in [5.41, 5.74) is 4.60. The Morgan fingerprint density at radius 1 is 0.821 bits per heavy atom.